The first kappa shape index (κ1) is 12.9. The standard InChI is InChI=1S/C12H12OS.C2H6/c1-8(2)12(13)11-7-9-5-3-4-6-10(9)14-11;1-2/h3-8H,1-2H3;1-2H3. The maximum Gasteiger partial charge on any atom is 0.175 e. The number of rotatable bonds is 2. The highest BCUT2D eigenvalue weighted by Gasteiger charge is 2.12. The van der Waals surface area contributed by atoms with E-state index in [9.17, 15) is 4.79 Å². The zero-order valence-electron chi connectivity index (χ0n) is 10.3. The van der Waals surface area contributed by atoms with E-state index in [0.717, 1.165) is 4.88 Å². The summed E-state index contributed by atoms with van der Waals surface area (Å²) in [6.07, 6.45) is 0. The second kappa shape index (κ2) is 5.80. The van der Waals surface area contributed by atoms with E-state index in [0.29, 0.717) is 0 Å². The van der Waals surface area contributed by atoms with E-state index < -0.39 is 0 Å². The van der Waals surface area contributed by atoms with Crippen LogP contribution >= 0.6 is 11.3 Å². The Morgan fingerprint density at radius 2 is 1.81 bits per heavy atom. The van der Waals surface area contributed by atoms with E-state index in [-0.39, 0.29) is 11.7 Å². The summed E-state index contributed by atoms with van der Waals surface area (Å²) in [5.41, 5.74) is 0. The average Bonchev–Trinajstić information content (AvgIpc) is 2.74. The highest BCUT2D eigenvalue weighted by molar-refractivity contribution is 7.20. The lowest BCUT2D eigenvalue weighted by atomic mass is 10.1. The van der Waals surface area contributed by atoms with Crippen molar-refractivity contribution < 1.29 is 4.79 Å². The molecule has 0 fully saturated rings. The zero-order chi connectivity index (χ0) is 12.1. The van der Waals surface area contributed by atoms with Crippen molar-refractivity contribution in [2.75, 3.05) is 0 Å². The third kappa shape index (κ3) is 2.70. The molecule has 0 aliphatic carbocycles. The summed E-state index contributed by atoms with van der Waals surface area (Å²) < 4.78 is 1.19. The normalized spacial score (nSPS) is 10.1. The first-order valence-electron chi connectivity index (χ1n) is 5.71. The van der Waals surface area contributed by atoms with Crippen LogP contribution < -0.4 is 0 Å². The Bertz CT molecular complexity index is 435. The molecule has 0 N–H and O–H groups in total. The smallest absolute Gasteiger partial charge is 0.175 e. The molecule has 1 aromatic carbocycles. The van der Waals surface area contributed by atoms with E-state index in [1.54, 1.807) is 11.3 Å². The molecule has 2 aromatic rings. The van der Waals surface area contributed by atoms with Crippen molar-refractivity contribution in [2.45, 2.75) is 27.7 Å². The second-order valence-electron chi connectivity index (χ2n) is 3.67. The van der Waals surface area contributed by atoms with Gasteiger partial charge in [0.05, 0.1) is 4.88 Å². The molecular formula is C14H18OS. The Balaban J connectivity index is 0.000000606. The van der Waals surface area contributed by atoms with Crippen LogP contribution in [0.5, 0.6) is 0 Å². The van der Waals surface area contributed by atoms with Gasteiger partial charge in [0.2, 0.25) is 0 Å². The summed E-state index contributed by atoms with van der Waals surface area (Å²) in [6, 6.07) is 10.1. The molecular weight excluding hydrogens is 216 g/mol. The van der Waals surface area contributed by atoms with Gasteiger partial charge in [-0.15, -0.1) is 11.3 Å². The van der Waals surface area contributed by atoms with Gasteiger partial charge in [0, 0.05) is 10.6 Å². The van der Waals surface area contributed by atoms with Gasteiger partial charge in [0.1, 0.15) is 0 Å². The van der Waals surface area contributed by atoms with Crippen LogP contribution in [0, 0.1) is 5.92 Å². The molecule has 0 aliphatic rings. The number of fused-ring (bicyclic) bond motifs is 1. The quantitative estimate of drug-likeness (QED) is 0.684. The summed E-state index contributed by atoms with van der Waals surface area (Å²) in [5.74, 6) is 0.328. The van der Waals surface area contributed by atoms with Crippen molar-refractivity contribution in [2.24, 2.45) is 5.92 Å². The second-order valence-corrected chi connectivity index (χ2v) is 4.75. The molecule has 0 radical (unpaired) electrons. The van der Waals surface area contributed by atoms with Crippen LogP contribution in [0.4, 0.5) is 0 Å². The molecule has 0 unspecified atom stereocenters. The number of thiophene rings is 1. The number of carbonyl (C=O) groups excluding carboxylic acids is 1. The molecule has 0 saturated heterocycles. The van der Waals surface area contributed by atoms with Gasteiger partial charge in [-0.05, 0) is 17.5 Å². The lowest BCUT2D eigenvalue weighted by molar-refractivity contribution is 0.0943. The molecule has 16 heavy (non-hydrogen) atoms. The Kier molecular flexibility index (Phi) is 4.69. The van der Waals surface area contributed by atoms with Crippen molar-refractivity contribution >= 4 is 27.2 Å². The van der Waals surface area contributed by atoms with Crippen molar-refractivity contribution in [3.05, 3.63) is 35.2 Å². The predicted octanol–water partition coefficient (Wildman–Crippen LogP) is 4.77. The molecule has 0 aliphatic heterocycles. The van der Waals surface area contributed by atoms with Gasteiger partial charge in [0.15, 0.2) is 5.78 Å². The Morgan fingerprint density at radius 3 is 2.38 bits per heavy atom. The number of hydrogen-bond acceptors (Lipinski definition) is 2. The van der Waals surface area contributed by atoms with Crippen molar-refractivity contribution in [3.63, 3.8) is 0 Å². The first-order valence-corrected chi connectivity index (χ1v) is 6.53. The van der Waals surface area contributed by atoms with E-state index in [2.05, 4.69) is 6.07 Å². The maximum atomic E-state index is 11.7. The Hall–Kier alpha value is -1.15. The maximum absolute atomic E-state index is 11.7. The number of Topliss-reactive ketones (excluding diaryl/α,β-unsaturated/α-hetero) is 1. The summed E-state index contributed by atoms with van der Waals surface area (Å²) in [7, 11) is 0. The van der Waals surface area contributed by atoms with Gasteiger partial charge in [-0.2, -0.15) is 0 Å². The molecule has 0 spiro atoms. The molecule has 1 nitrogen and oxygen atoms in total. The van der Waals surface area contributed by atoms with E-state index in [4.69, 9.17) is 0 Å². The van der Waals surface area contributed by atoms with Gasteiger partial charge in [-0.25, -0.2) is 0 Å². The molecule has 2 rings (SSSR count). The van der Waals surface area contributed by atoms with Crippen LogP contribution in [0.1, 0.15) is 37.4 Å². The van der Waals surface area contributed by atoms with Crippen LogP contribution in [0.25, 0.3) is 10.1 Å². The SMILES string of the molecule is CC.CC(C)C(=O)c1cc2ccccc2s1. The number of carbonyl (C=O) groups is 1. The topological polar surface area (TPSA) is 17.1 Å². The fraction of sp³-hybridized carbons (Fsp3) is 0.357. The molecule has 1 aromatic heterocycles. The molecule has 0 saturated carbocycles. The molecule has 2 heteroatoms. The predicted molar refractivity (Wildman–Crippen MR) is 72.3 cm³/mol. The third-order valence-corrected chi connectivity index (χ3v) is 3.32. The molecule has 86 valence electrons. The van der Waals surface area contributed by atoms with Crippen LogP contribution in [-0.2, 0) is 0 Å². The lowest BCUT2D eigenvalue weighted by Gasteiger charge is -1.98. The molecule has 0 atom stereocenters. The van der Waals surface area contributed by atoms with Gasteiger partial charge in [0.25, 0.3) is 0 Å². The monoisotopic (exact) mass is 234 g/mol. The summed E-state index contributed by atoms with van der Waals surface area (Å²) >= 11 is 1.58. The van der Waals surface area contributed by atoms with Crippen molar-refractivity contribution in [3.8, 4) is 0 Å². The highest BCUT2D eigenvalue weighted by atomic mass is 32.1. The summed E-state index contributed by atoms with van der Waals surface area (Å²) in [5, 5.41) is 1.17. The van der Waals surface area contributed by atoms with Crippen molar-refractivity contribution in [1.82, 2.24) is 0 Å². The van der Waals surface area contributed by atoms with Gasteiger partial charge in [-0.3, -0.25) is 4.79 Å². The number of ketones is 1. The third-order valence-electron chi connectivity index (χ3n) is 2.19. The van der Waals surface area contributed by atoms with E-state index >= 15 is 0 Å². The Morgan fingerprint density at radius 1 is 1.19 bits per heavy atom. The van der Waals surface area contributed by atoms with Crippen molar-refractivity contribution in [1.29, 1.82) is 0 Å². The number of hydrogen-bond donors (Lipinski definition) is 0. The highest BCUT2D eigenvalue weighted by Crippen LogP contribution is 2.26. The molecule has 0 bridgehead atoms. The van der Waals surface area contributed by atoms with Gasteiger partial charge in [-0.1, -0.05) is 45.9 Å². The molecule has 1 heterocycles. The minimum absolute atomic E-state index is 0.0862. The van der Waals surface area contributed by atoms with Crippen LogP contribution in [0.15, 0.2) is 30.3 Å². The van der Waals surface area contributed by atoms with Crippen LogP contribution in [0.2, 0.25) is 0 Å². The van der Waals surface area contributed by atoms with E-state index in [1.165, 1.54) is 10.1 Å². The van der Waals surface area contributed by atoms with Gasteiger partial charge >= 0.3 is 0 Å². The average molecular weight is 234 g/mol. The summed E-state index contributed by atoms with van der Waals surface area (Å²) in [6.45, 7) is 7.87. The summed E-state index contributed by atoms with van der Waals surface area (Å²) in [4.78, 5) is 12.6. The Labute approximate surface area is 101 Å². The minimum Gasteiger partial charge on any atom is -0.293 e. The molecule has 0 amide bonds. The lowest BCUT2D eigenvalue weighted by Crippen LogP contribution is -2.04. The van der Waals surface area contributed by atoms with Gasteiger partial charge < -0.3 is 0 Å². The minimum atomic E-state index is 0.0862. The van der Waals surface area contributed by atoms with Crippen LogP contribution in [-0.4, -0.2) is 5.78 Å². The number of benzene rings is 1. The zero-order valence-corrected chi connectivity index (χ0v) is 11.1. The largest absolute Gasteiger partial charge is 0.293 e. The van der Waals surface area contributed by atoms with Crippen LogP contribution in [0.3, 0.4) is 0 Å². The fourth-order valence-corrected chi connectivity index (χ4v) is 2.54. The fourth-order valence-electron chi connectivity index (χ4n) is 1.39. The first-order chi connectivity index (χ1) is 7.68. The van der Waals surface area contributed by atoms with E-state index in [1.807, 2.05) is 52.0 Å².